The topological polar surface area (TPSA) is 41.6 Å². The lowest BCUT2D eigenvalue weighted by Gasteiger charge is -2.21. The highest BCUT2D eigenvalue weighted by Gasteiger charge is 2.57. The van der Waals surface area contributed by atoms with Crippen LogP contribution in [0.25, 0.3) is 0 Å². The number of amides is 1. The molecule has 3 aliphatic heterocycles. The van der Waals surface area contributed by atoms with Gasteiger partial charge in [0.1, 0.15) is 0 Å². The molecule has 3 aliphatic rings. The molecule has 2 bridgehead atoms. The van der Waals surface area contributed by atoms with E-state index in [0.717, 1.165) is 25.9 Å². The van der Waals surface area contributed by atoms with Crippen molar-refractivity contribution in [2.75, 3.05) is 13.1 Å². The van der Waals surface area contributed by atoms with Gasteiger partial charge in [-0.05, 0) is 12.8 Å². The van der Waals surface area contributed by atoms with Crippen LogP contribution in [-0.4, -0.2) is 48.2 Å². The van der Waals surface area contributed by atoms with E-state index in [1.165, 1.54) is 0 Å². The van der Waals surface area contributed by atoms with Gasteiger partial charge >= 0.3 is 0 Å². The number of hydrogen-bond acceptors (Lipinski definition) is 3. The summed E-state index contributed by atoms with van der Waals surface area (Å²) >= 11 is 0. The number of hydrogen-bond donors (Lipinski definition) is 1. The lowest BCUT2D eigenvalue weighted by atomic mass is 10.1. The first-order valence-corrected chi connectivity index (χ1v) is 5.98. The van der Waals surface area contributed by atoms with Gasteiger partial charge < -0.3 is 10.1 Å². The number of nitrogens with one attached hydrogen (secondary N) is 1. The zero-order valence-corrected chi connectivity index (χ0v) is 9.11. The maximum Gasteiger partial charge on any atom is 0.220 e. The van der Waals surface area contributed by atoms with Gasteiger partial charge in [-0.2, -0.15) is 0 Å². The molecule has 1 amide bonds. The van der Waals surface area contributed by atoms with E-state index in [-0.39, 0.29) is 18.1 Å². The predicted molar refractivity (Wildman–Crippen MR) is 55.5 cm³/mol. The second kappa shape index (κ2) is 3.46. The molecular formula is C11H18N2O2. The van der Waals surface area contributed by atoms with Gasteiger partial charge in [-0.15, -0.1) is 0 Å². The van der Waals surface area contributed by atoms with Crippen molar-refractivity contribution in [2.24, 2.45) is 0 Å². The molecule has 0 radical (unpaired) electrons. The van der Waals surface area contributed by atoms with Crippen LogP contribution in [0.4, 0.5) is 0 Å². The molecule has 4 nitrogen and oxygen atoms in total. The van der Waals surface area contributed by atoms with Crippen LogP contribution < -0.4 is 5.32 Å². The molecule has 1 N–H and O–H groups in total. The molecular weight excluding hydrogens is 192 g/mol. The van der Waals surface area contributed by atoms with Crippen LogP contribution in [-0.2, 0) is 9.53 Å². The van der Waals surface area contributed by atoms with Crippen molar-refractivity contribution in [3.63, 3.8) is 0 Å². The first-order chi connectivity index (χ1) is 7.29. The van der Waals surface area contributed by atoms with E-state index in [2.05, 4.69) is 10.2 Å². The Kier molecular flexibility index (Phi) is 2.21. The van der Waals surface area contributed by atoms with Gasteiger partial charge in [-0.25, -0.2) is 0 Å². The van der Waals surface area contributed by atoms with Gasteiger partial charge in [0.25, 0.3) is 0 Å². The molecule has 0 aromatic rings. The number of carbonyl (C=O) groups excluding carboxylic acids is 1. The van der Waals surface area contributed by atoms with Gasteiger partial charge in [0.05, 0.1) is 24.3 Å². The SMILES string of the molecule is CCCC(=O)N[C@@H]1[C@H]2[C@@H]3CCN2C[C@H]1O3. The lowest BCUT2D eigenvalue weighted by molar-refractivity contribution is -0.122. The Morgan fingerprint density at radius 1 is 1.53 bits per heavy atom. The molecule has 15 heavy (non-hydrogen) atoms. The summed E-state index contributed by atoms with van der Waals surface area (Å²) < 4.78 is 5.89. The van der Waals surface area contributed by atoms with E-state index in [9.17, 15) is 4.79 Å². The number of ether oxygens (including phenoxy) is 1. The molecule has 3 rings (SSSR count). The van der Waals surface area contributed by atoms with Crippen LogP contribution >= 0.6 is 0 Å². The molecule has 3 heterocycles. The lowest BCUT2D eigenvalue weighted by Crippen LogP contribution is -2.44. The molecule has 4 heteroatoms. The van der Waals surface area contributed by atoms with Gasteiger partial charge in [-0.3, -0.25) is 9.69 Å². The summed E-state index contributed by atoms with van der Waals surface area (Å²) in [7, 11) is 0. The third kappa shape index (κ3) is 1.39. The van der Waals surface area contributed by atoms with Crippen LogP contribution in [0.15, 0.2) is 0 Å². The summed E-state index contributed by atoms with van der Waals surface area (Å²) in [5.41, 5.74) is 0. The Morgan fingerprint density at radius 2 is 2.40 bits per heavy atom. The van der Waals surface area contributed by atoms with Crippen LogP contribution in [0.3, 0.4) is 0 Å². The number of nitrogens with zero attached hydrogens (tertiary/aromatic N) is 1. The van der Waals surface area contributed by atoms with Crippen LogP contribution in [0, 0.1) is 0 Å². The minimum absolute atomic E-state index is 0.186. The van der Waals surface area contributed by atoms with Gasteiger partial charge in [-0.1, -0.05) is 6.92 Å². The van der Waals surface area contributed by atoms with E-state index in [1.54, 1.807) is 0 Å². The third-order valence-electron chi connectivity index (χ3n) is 3.84. The molecule has 0 aromatic carbocycles. The van der Waals surface area contributed by atoms with Crippen LogP contribution in [0.5, 0.6) is 0 Å². The van der Waals surface area contributed by atoms with Crippen LogP contribution in [0.1, 0.15) is 26.2 Å². The van der Waals surface area contributed by atoms with Crippen molar-refractivity contribution < 1.29 is 9.53 Å². The van der Waals surface area contributed by atoms with Crippen molar-refractivity contribution in [3.05, 3.63) is 0 Å². The van der Waals surface area contributed by atoms with E-state index in [1.807, 2.05) is 6.92 Å². The van der Waals surface area contributed by atoms with Gasteiger partial charge in [0.2, 0.25) is 5.91 Å². The van der Waals surface area contributed by atoms with Gasteiger partial charge in [0, 0.05) is 19.5 Å². The first kappa shape index (κ1) is 9.60. The van der Waals surface area contributed by atoms with Crippen molar-refractivity contribution in [3.8, 4) is 0 Å². The van der Waals surface area contributed by atoms with E-state index in [0.29, 0.717) is 18.6 Å². The number of rotatable bonds is 3. The Morgan fingerprint density at radius 3 is 3.13 bits per heavy atom. The maximum atomic E-state index is 11.6. The molecule has 0 aromatic heterocycles. The molecule has 0 unspecified atom stereocenters. The highest BCUT2D eigenvalue weighted by molar-refractivity contribution is 5.76. The standard InChI is InChI=1S/C11H18N2O2/c1-2-3-9(14)12-10-8-6-13-5-4-7(15-8)11(10)13/h7-8,10-11H,2-6H2,1H3,(H,12,14)/t7-,8+,10-,11+/m0/s1. The second-order valence-electron chi connectivity index (χ2n) is 4.83. The van der Waals surface area contributed by atoms with Crippen molar-refractivity contribution >= 4 is 5.91 Å². The quantitative estimate of drug-likeness (QED) is 0.719. The summed E-state index contributed by atoms with van der Waals surface area (Å²) in [4.78, 5) is 14.0. The molecule has 0 spiro atoms. The normalized spacial score (nSPS) is 42.5. The summed E-state index contributed by atoms with van der Waals surface area (Å²) in [6.07, 6.45) is 3.34. The zero-order valence-electron chi connectivity index (χ0n) is 9.11. The van der Waals surface area contributed by atoms with Crippen LogP contribution in [0.2, 0.25) is 0 Å². The van der Waals surface area contributed by atoms with E-state index < -0.39 is 0 Å². The number of morpholine rings is 1. The smallest absolute Gasteiger partial charge is 0.220 e. The zero-order chi connectivity index (χ0) is 10.4. The fraction of sp³-hybridized carbons (Fsp3) is 0.909. The minimum Gasteiger partial charge on any atom is -0.370 e. The Balaban J connectivity index is 1.66. The highest BCUT2D eigenvalue weighted by Crippen LogP contribution is 2.39. The first-order valence-electron chi connectivity index (χ1n) is 5.98. The third-order valence-corrected chi connectivity index (χ3v) is 3.84. The van der Waals surface area contributed by atoms with Gasteiger partial charge in [0.15, 0.2) is 0 Å². The monoisotopic (exact) mass is 210 g/mol. The average Bonchev–Trinajstić information content (AvgIpc) is 2.75. The summed E-state index contributed by atoms with van der Waals surface area (Å²) in [6, 6.07) is 0.729. The van der Waals surface area contributed by atoms with Crippen molar-refractivity contribution in [1.29, 1.82) is 0 Å². The summed E-state index contributed by atoms with van der Waals surface area (Å²) in [6.45, 7) is 4.19. The van der Waals surface area contributed by atoms with E-state index >= 15 is 0 Å². The highest BCUT2D eigenvalue weighted by atomic mass is 16.5. The Labute approximate surface area is 90.0 Å². The molecule has 4 atom stereocenters. The van der Waals surface area contributed by atoms with E-state index in [4.69, 9.17) is 4.74 Å². The van der Waals surface area contributed by atoms with Crippen molar-refractivity contribution in [2.45, 2.75) is 50.5 Å². The molecule has 0 saturated carbocycles. The minimum atomic E-state index is 0.186. The predicted octanol–water partition coefficient (Wildman–Crippen LogP) is 0.127. The average molecular weight is 210 g/mol. The Bertz CT molecular complexity index is 268. The molecule has 0 aliphatic carbocycles. The Hall–Kier alpha value is -0.610. The summed E-state index contributed by atoms with van der Waals surface area (Å²) in [5.74, 6) is 0.186. The molecule has 3 fully saturated rings. The molecule has 84 valence electrons. The maximum absolute atomic E-state index is 11.6. The fourth-order valence-corrected chi connectivity index (χ4v) is 3.25. The summed E-state index contributed by atoms with van der Waals surface area (Å²) in [5, 5.41) is 3.14. The number of carbonyl (C=O) groups is 1. The largest absolute Gasteiger partial charge is 0.370 e. The number of fused-ring (bicyclic) bond motifs is 1. The molecule has 3 saturated heterocycles. The fourth-order valence-electron chi connectivity index (χ4n) is 3.25. The second-order valence-corrected chi connectivity index (χ2v) is 4.83. The van der Waals surface area contributed by atoms with Crippen molar-refractivity contribution in [1.82, 2.24) is 10.2 Å².